The Labute approximate surface area is 292 Å². The van der Waals surface area contributed by atoms with Gasteiger partial charge in [0.1, 0.15) is 35.1 Å². The van der Waals surface area contributed by atoms with Crippen molar-refractivity contribution in [2.45, 2.75) is 102 Å². The second kappa shape index (κ2) is 13.4. The van der Waals surface area contributed by atoms with Crippen molar-refractivity contribution < 1.29 is 41.8 Å². The first kappa shape index (κ1) is 36.9. The topological polar surface area (TPSA) is 182 Å². The first-order chi connectivity index (χ1) is 23.3. The number of carbonyl (C=O) groups excluding carboxylic acids is 4. The molecule has 2 aliphatic carbocycles. The van der Waals surface area contributed by atoms with E-state index in [1.165, 1.54) is 18.1 Å². The summed E-state index contributed by atoms with van der Waals surface area (Å²) >= 11 is 0. The van der Waals surface area contributed by atoms with Gasteiger partial charge in [0.25, 0.3) is 5.91 Å². The van der Waals surface area contributed by atoms with Gasteiger partial charge >= 0.3 is 6.09 Å². The SMILES string of the molecule is C=CC1C[C@]1(NC(=O)[C@@H]1C[C@@H](Oc2nccc3cccc(OC)c23)CN1C(=O)[C@@H](NC(=O)OC(C)(C)C)C(C)(C)C)C(=O)NS(=O)(=O)C1CC1. The number of likely N-dealkylation sites (tertiary alicyclic amines) is 1. The Hall–Kier alpha value is -4.40. The summed E-state index contributed by atoms with van der Waals surface area (Å²) < 4.78 is 44.9. The number of rotatable bonds is 11. The largest absolute Gasteiger partial charge is 0.496 e. The van der Waals surface area contributed by atoms with Crippen molar-refractivity contribution in [1.82, 2.24) is 25.2 Å². The van der Waals surface area contributed by atoms with Crippen molar-refractivity contribution in [2.75, 3.05) is 13.7 Å². The minimum Gasteiger partial charge on any atom is -0.496 e. The number of nitrogens with one attached hydrogen (secondary N) is 3. The lowest BCUT2D eigenvalue weighted by molar-refractivity contribution is -0.143. The third-order valence-corrected chi connectivity index (χ3v) is 10.9. The number of hydrogen-bond donors (Lipinski definition) is 3. The normalized spacial score (nSPS) is 24.1. The van der Waals surface area contributed by atoms with Gasteiger partial charge in [0.15, 0.2) is 0 Å². The fourth-order valence-electron chi connectivity index (χ4n) is 6.22. The summed E-state index contributed by atoms with van der Waals surface area (Å²) in [5.74, 6) is -1.85. The first-order valence-electron chi connectivity index (χ1n) is 16.7. The molecule has 5 atom stereocenters. The van der Waals surface area contributed by atoms with Crippen LogP contribution in [0.3, 0.4) is 0 Å². The van der Waals surface area contributed by atoms with Gasteiger partial charge in [0.2, 0.25) is 27.7 Å². The lowest BCUT2D eigenvalue weighted by atomic mass is 9.85. The Morgan fingerprint density at radius 2 is 1.80 bits per heavy atom. The van der Waals surface area contributed by atoms with Crippen LogP contribution in [0, 0.1) is 11.3 Å². The number of hydrogen-bond acceptors (Lipinski definition) is 10. The van der Waals surface area contributed by atoms with Gasteiger partial charge in [0, 0.05) is 18.5 Å². The van der Waals surface area contributed by atoms with Crippen LogP contribution in [0.1, 0.15) is 67.2 Å². The first-order valence-corrected chi connectivity index (χ1v) is 18.2. The number of alkyl carbamates (subject to hydrolysis) is 1. The predicted octanol–water partition coefficient (Wildman–Crippen LogP) is 3.20. The quantitative estimate of drug-likeness (QED) is 0.293. The van der Waals surface area contributed by atoms with Gasteiger partial charge in [-0.15, -0.1) is 6.58 Å². The number of pyridine rings is 1. The number of sulfonamides is 1. The maximum atomic E-state index is 14.4. The van der Waals surface area contributed by atoms with Crippen LogP contribution in [0.2, 0.25) is 0 Å². The number of amides is 4. The van der Waals surface area contributed by atoms with Crippen molar-refractivity contribution in [3.63, 3.8) is 0 Å². The number of aromatic nitrogens is 1. The molecule has 3 aliphatic rings. The molecule has 50 heavy (non-hydrogen) atoms. The fraction of sp³-hybridized carbons (Fsp3) is 0.571. The van der Waals surface area contributed by atoms with Crippen LogP contribution in [0.25, 0.3) is 10.8 Å². The molecule has 0 radical (unpaired) electrons. The van der Waals surface area contributed by atoms with Crippen molar-refractivity contribution in [3.05, 3.63) is 43.1 Å². The zero-order valence-corrected chi connectivity index (χ0v) is 30.4. The smallest absolute Gasteiger partial charge is 0.408 e. The average molecular weight is 714 g/mol. The Morgan fingerprint density at radius 3 is 2.38 bits per heavy atom. The van der Waals surface area contributed by atoms with Gasteiger partial charge in [-0.05, 0) is 63.0 Å². The predicted molar refractivity (Wildman–Crippen MR) is 185 cm³/mol. The molecular weight excluding hydrogens is 666 g/mol. The second-order valence-electron chi connectivity index (χ2n) is 15.3. The molecule has 14 nitrogen and oxygen atoms in total. The molecule has 5 rings (SSSR count). The molecule has 2 heterocycles. The summed E-state index contributed by atoms with van der Waals surface area (Å²) in [7, 11) is -2.37. The third-order valence-electron chi connectivity index (χ3n) is 9.09. The van der Waals surface area contributed by atoms with E-state index in [2.05, 4.69) is 26.9 Å². The highest BCUT2D eigenvalue weighted by molar-refractivity contribution is 7.91. The summed E-state index contributed by atoms with van der Waals surface area (Å²) in [4.78, 5) is 60.8. The zero-order valence-electron chi connectivity index (χ0n) is 29.6. The lowest BCUT2D eigenvalue weighted by Crippen LogP contribution is -2.60. The van der Waals surface area contributed by atoms with Gasteiger partial charge in [-0.2, -0.15) is 0 Å². The molecule has 0 spiro atoms. The number of nitrogens with zero attached hydrogens (tertiary/aromatic N) is 2. The molecule has 272 valence electrons. The molecule has 1 aromatic heterocycles. The summed E-state index contributed by atoms with van der Waals surface area (Å²) in [5, 5.41) is 6.24. The maximum absolute atomic E-state index is 14.4. The maximum Gasteiger partial charge on any atom is 0.408 e. The number of methoxy groups -OCH3 is 1. The van der Waals surface area contributed by atoms with E-state index in [9.17, 15) is 27.6 Å². The van der Waals surface area contributed by atoms with Crippen molar-refractivity contribution in [3.8, 4) is 11.6 Å². The van der Waals surface area contributed by atoms with Crippen LogP contribution in [0.15, 0.2) is 43.1 Å². The fourth-order valence-corrected chi connectivity index (χ4v) is 7.58. The third kappa shape index (κ3) is 7.82. The molecule has 1 unspecified atom stereocenters. The minimum absolute atomic E-state index is 0.00488. The molecule has 2 saturated carbocycles. The van der Waals surface area contributed by atoms with E-state index in [4.69, 9.17) is 14.2 Å². The Balaban J connectivity index is 1.46. The van der Waals surface area contributed by atoms with Crippen LogP contribution in [0.4, 0.5) is 4.79 Å². The molecular formula is C35H47N5O9S. The number of fused-ring (bicyclic) bond motifs is 1. The highest BCUT2D eigenvalue weighted by Crippen LogP contribution is 2.45. The summed E-state index contributed by atoms with van der Waals surface area (Å²) in [6, 6.07) is 5.01. The van der Waals surface area contributed by atoms with E-state index in [0.29, 0.717) is 24.0 Å². The molecule has 15 heteroatoms. The van der Waals surface area contributed by atoms with E-state index in [1.54, 1.807) is 59.9 Å². The van der Waals surface area contributed by atoms with Crippen LogP contribution < -0.4 is 24.8 Å². The molecule has 1 aromatic carbocycles. The van der Waals surface area contributed by atoms with E-state index < -0.39 is 79.7 Å². The average Bonchev–Trinajstić information content (AvgIpc) is 3.95. The molecule has 1 aliphatic heterocycles. The van der Waals surface area contributed by atoms with E-state index >= 15 is 0 Å². The second-order valence-corrected chi connectivity index (χ2v) is 17.2. The number of carbonyl (C=O) groups is 4. The molecule has 1 saturated heterocycles. The summed E-state index contributed by atoms with van der Waals surface area (Å²) in [5.41, 5.74) is -3.21. The number of ether oxygens (including phenoxy) is 3. The summed E-state index contributed by atoms with van der Waals surface area (Å²) in [6.45, 7) is 14.1. The summed E-state index contributed by atoms with van der Waals surface area (Å²) in [6.07, 6.45) is 2.59. The van der Waals surface area contributed by atoms with Gasteiger partial charge in [-0.3, -0.25) is 19.1 Å². The van der Waals surface area contributed by atoms with Crippen molar-refractivity contribution >= 4 is 44.6 Å². The van der Waals surface area contributed by atoms with E-state index in [0.717, 1.165) is 5.39 Å². The minimum atomic E-state index is -3.90. The Bertz CT molecular complexity index is 1790. The molecule has 0 bridgehead atoms. The Kier molecular flexibility index (Phi) is 9.87. The highest BCUT2D eigenvalue weighted by atomic mass is 32.2. The van der Waals surface area contributed by atoms with Crippen LogP contribution >= 0.6 is 0 Å². The van der Waals surface area contributed by atoms with Gasteiger partial charge < -0.3 is 29.7 Å². The van der Waals surface area contributed by atoms with Crippen molar-refractivity contribution in [2.24, 2.45) is 11.3 Å². The highest BCUT2D eigenvalue weighted by Gasteiger charge is 2.62. The van der Waals surface area contributed by atoms with Crippen LogP contribution in [-0.2, 0) is 29.1 Å². The van der Waals surface area contributed by atoms with Gasteiger partial charge in [0.05, 0.1) is 24.3 Å². The zero-order chi connectivity index (χ0) is 36.8. The van der Waals surface area contributed by atoms with Crippen LogP contribution in [-0.4, -0.2) is 90.3 Å². The lowest BCUT2D eigenvalue weighted by Gasteiger charge is -2.36. The van der Waals surface area contributed by atoms with E-state index in [-0.39, 0.29) is 25.3 Å². The van der Waals surface area contributed by atoms with Gasteiger partial charge in [-0.1, -0.05) is 39.0 Å². The molecule has 2 aromatic rings. The Morgan fingerprint density at radius 1 is 1.10 bits per heavy atom. The van der Waals surface area contributed by atoms with Crippen LogP contribution in [0.5, 0.6) is 11.6 Å². The molecule has 4 amide bonds. The monoisotopic (exact) mass is 713 g/mol. The standard InChI is InChI=1S/C35H47N5O9S/c1-9-21-18-35(21,31(43)39-50(45,46)23-13-14-23)38-28(41)24-17-22(48-29-26-20(15-16-36-29)11-10-12-25(26)47-8)19-40(24)30(42)27(33(2,3)4)37-32(44)49-34(5,6)7/h9-12,15-16,21-24,27H,1,13-14,17-19H2,2-8H3,(H,37,44)(H,38,41)(H,39,43)/t21?,22-,24+,27-,35-/m1/s1. The van der Waals surface area contributed by atoms with Crippen molar-refractivity contribution in [1.29, 1.82) is 0 Å². The number of benzene rings is 1. The van der Waals surface area contributed by atoms with E-state index in [1.807, 2.05) is 12.1 Å². The molecule has 3 N–H and O–H groups in total. The van der Waals surface area contributed by atoms with Gasteiger partial charge in [-0.25, -0.2) is 18.2 Å². The molecule has 3 fully saturated rings.